The molecule has 0 unspecified atom stereocenters. The van der Waals surface area contributed by atoms with Gasteiger partial charge in [-0.15, -0.1) is 0 Å². The fourth-order valence-corrected chi connectivity index (χ4v) is 0.533. The SMILES string of the molecule is [B]N([B]N(C)C(C)(C)C)C(C)(C)C. The monoisotopic (exact) mass is 179 g/mol. The van der Waals surface area contributed by atoms with E-state index in [1.807, 2.05) is 14.6 Å². The smallest absolute Gasteiger partial charge is 0.300 e. The second kappa shape index (κ2) is 4.05. The Hall–Kier alpha value is 0.0499. The van der Waals surface area contributed by atoms with Crippen molar-refractivity contribution >= 4 is 15.5 Å². The lowest BCUT2D eigenvalue weighted by Crippen LogP contribution is -2.53. The van der Waals surface area contributed by atoms with Gasteiger partial charge in [-0.05, 0) is 54.1 Å². The maximum atomic E-state index is 5.88. The van der Waals surface area contributed by atoms with Crippen LogP contribution in [0.1, 0.15) is 41.5 Å². The summed E-state index contributed by atoms with van der Waals surface area (Å²) in [5.74, 6) is 0. The first-order chi connectivity index (χ1) is 5.55. The molecule has 4 heteroatoms. The van der Waals surface area contributed by atoms with E-state index in [0.717, 1.165) is 0 Å². The van der Waals surface area contributed by atoms with E-state index in [-0.39, 0.29) is 11.1 Å². The van der Waals surface area contributed by atoms with Crippen molar-refractivity contribution in [3.05, 3.63) is 0 Å². The van der Waals surface area contributed by atoms with Gasteiger partial charge in [-0.3, -0.25) is 0 Å². The Kier molecular flexibility index (Phi) is 4.07. The molecule has 0 aliphatic rings. The predicted octanol–water partition coefficient (Wildman–Crippen LogP) is 1.43. The summed E-state index contributed by atoms with van der Waals surface area (Å²) in [6.07, 6.45) is 0. The van der Waals surface area contributed by atoms with Crippen LogP contribution in [0.4, 0.5) is 0 Å². The van der Waals surface area contributed by atoms with Crippen molar-refractivity contribution < 1.29 is 0 Å². The molecule has 0 fully saturated rings. The molecule has 0 heterocycles. The topological polar surface area (TPSA) is 6.48 Å². The zero-order chi connectivity index (χ0) is 10.9. The van der Waals surface area contributed by atoms with Crippen LogP contribution >= 0.6 is 0 Å². The Morgan fingerprint density at radius 2 is 1.31 bits per heavy atom. The van der Waals surface area contributed by atoms with Crippen LogP contribution in [0.2, 0.25) is 0 Å². The molecule has 0 spiro atoms. The van der Waals surface area contributed by atoms with Gasteiger partial charge in [0, 0.05) is 5.54 Å². The van der Waals surface area contributed by atoms with Crippen molar-refractivity contribution in [1.82, 2.24) is 9.53 Å². The van der Waals surface area contributed by atoms with Crippen LogP contribution < -0.4 is 0 Å². The minimum absolute atomic E-state index is 0.0283. The minimum atomic E-state index is -0.0283. The van der Waals surface area contributed by atoms with Gasteiger partial charge in [-0.2, -0.15) is 0 Å². The zero-order valence-corrected chi connectivity index (χ0v) is 10.0. The molecule has 0 bridgehead atoms. The van der Waals surface area contributed by atoms with Gasteiger partial charge in [0.15, 0.2) is 7.98 Å². The first kappa shape index (κ1) is 13.0. The average molecular weight is 179 g/mol. The summed E-state index contributed by atoms with van der Waals surface area (Å²) in [5.41, 5.74) is 0.0857. The molecule has 0 aliphatic heterocycles. The second-order valence-corrected chi connectivity index (χ2v) is 5.48. The number of rotatable bonds is 2. The lowest BCUT2D eigenvalue weighted by Gasteiger charge is -2.40. The fourth-order valence-electron chi connectivity index (χ4n) is 0.533. The molecule has 73 valence electrons. The summed E-state index contributed by atoms with van der Waals surface area (Å²) in [6.45, 7) is 12.7. The van der Waals surface area contributed by atoms with E-state index in [1.54, 1.807) is 4.72 Å². The second-order valence-electron chi connectivity index (χ2n) is 5.48. The van der Waals surface area contributed by atoms with Gasteiger partial charge in [-0.25, -0.2) is 0 Å². The summed E-state index contributed by atoms with van der Waals surface area (Å²) in [6, 6.07) is 0. The molecule has 0 saturated heterocycles. The Morgan fingerprint density at radius 1 is 0.923 bits per heavy atom. The van der Waals surface area contributed by atoms with Gasteiger partial charge < -0.3 is 9.53 Å². The summed E-state index contributed by atoms with van der Waals surface area (Å²) in [5, 5.41) is 0. The highest BCUT2D eigenvalue weighted by molar-refractivity contribution is 6.39. The Morgan fingerprint density at radius 3 is 1.54 bits per heavy atom. The van der Waals surface area contributed by atoms with Crippen molar-refractivity contribution in [3.63, 3.8) is 0 Å². The van der Waals surface area contributed by atoms with Gasteiger partial charge in [0.1, 0.15) is 0 Å². The van der Waals surface area contributed by atoms with Crippen LogP contribution in [-0.2, 0) is 0 Å². The fraction of sp³-hybridized carbons (Fsp3) is 1.00. The molecular formula is C9H21B2N2. The molecular weight excluding hydrogens is 158 g/mol. The molecule has 13 heavy (non-hydrogen) atoms. The van der Waals surface area contributed by atoms with Crippen LogP contribution in [0.5, 0.6) is 0 Å². The van der Waals surface area contributed by atoms with Crippen molar-refractivity contribution in [2.75, 3.05) is 7.05 Å². The molecule has 0 rings (SSSR count). The van der Waals surface area contributed by atoms with E-state index in [9.17, 15) is 0 Å². The summed E-state index contributed by atoms with van der Waals surface area (Å²) in [7, 11) is 9.86. The van der Waals surface area contributed by atoms with Crippen LogP contribution in [0.25, 0.3) is 0 Å². The van der Waals surface area contributed by atoms with Crippen LogP contribution in [0.15, 0.2) is 0 Å². The first-order valence-corrected chi connectivity index (χ1v) is 4.67. The highest BCUT2D eigenvalue weighted by Gasteiger charge is 2.24. The van der Waals surface area contributed by atoms with Crippen LogP contribution in [0.3, 0.4) is 0 Å². The molecule has 0 amide bonds. The minimum Gasteiger partial charge on any atom is -0.379 e. The average Bonchev–Trinajstić information content (AvgIpc) is 1.82. The molecule has 0 aromatic heterocycles. The third kappa shape index (κ3) is 4.72. The van der Waals surface area contributed by atoms with E-state index in [2.05, 4.69) is 46.4 Å². The molecule has 0 aromatic carbocycles. The molecule has 2 nitrogen and oxygen atoms in total. The summed E-state index contributed by atoms with van der Waals surface area (Å²) in [4.78, 5) is 2.11. The van der Waals surface area contributed by atoms with E-state index in [1.165, 1.54) is 0 Å². The number of hydrogen-bond donors (Lipinski definition) is 0. The van der Waals surface area contributed by atoms with E-state index < -0.39 is 0 Å². The van der Waals surface area contributed by atoms with E-state index in [4.69, 9.17) is 7.98 Å². The molecule has 0 aliphatic carbocycles. The maximum Gasteiger partial charge on any atom is 0.300 e. The third-order valence-corrected chi connectivity index (χ3v) is 2.13. The van der Waals surface area contributed by atoms with E-state index in [0.29, 0.717) is 0 Å². The standard InChI is InChI=1S/C9H21B2N2/c1-8(2,3)12(7)11-13(10)9(4,5)6/h1-7H3. The largest absolute Gasteiger partial charge is 0.379 e. The maximum absolute atomic E-state index is 5.88. The van der Waals surface area contributed by atoms with Gasteiger partial charge in [-0.1, -0.05) is 0 Å². The van der Waals surface area contributed by atoms with E-state index >= 15 is 0 Å². The number of nitrogens with zero attached hydrogens (tertiary/aromatic N) is 2. The lowest BCUT2D eigenvalue weighted by molar-refractivity contribution is 0.266. The van der Waals surface area contributed by atoms with Gasteiger partial charge in [0.2, 0.25) is 0 Å². The normalized spacial score (nSPS) is 13.9. The molecule has 0 atom stereocenters. The van der Waals surface area contributed by atoms with Gasteiger partial charge >= 0.3 is 7.55 Å². The molecule has 0 saturated carbocycles. The van der Waals surface area contributed by atoms with Crippen molar-refractivity contribution in [3.8, 4) is 0 Å². The van der Waals surface area contributed by atoms with Gasteiger partial charge in [0.25, 0.3) is 0 Å². The summed E-state index contributed by atoms with van der Waals surface area (Å²) < 4.78 is 1.73. The van der Waals surface area contributed by atoms with Crippen molar-refractivity contribution in [1.29, 1.82) is 0 Å². The molecule has 0 aromatic rings. The quantitative estimate of drug-likeness (QED) is 0.591. The number of hydrogen-bond acceptors (Lipinski definition) is 2. The predicted molar refractivity (Wildman–Crippen MR) is 60.6 cm³/mol. The highest BCUT2D eigenvalue weighted by atomic mass is 15.2. The highest BCUT2D eigenvalue weighted by Crippen LogP contribution is 2.13. The zero-order valence-electron chi connectivity index (χ0n) is 10.0. The molecule has 0 N–H and O–H groups in total. The van der Waals surface area contributed by atoms with Crippen molar-refractivity contribution in [2.45, 2.75) is 52.6 Å². The Bertz CT molecular complexity index is 140. The first-order valence-electron chi connectivity index (χ1n) is 4.67. The summed E-state index contributed by atoms with van der Waals surface area (Å²) >= 11 is 0. The third-order valence-electron chi connectivity index (χ3n) is 2.13. The van der Waals surface area contributed by atoms with Crippen LogP contribution in [0, 0.1) is 0 Å². The Balaban J connectivity index is 4.15. The van der Waals surface area contributed by atoms with Gasteiger partial charge in [0.05, 0.1) is 0 Å². The van der Waals surface area contributed by atoms with Crippen molar-refractivity contribution in [2.24, 2.45) is 0 Å². The lowest BCUT2D eigenvalue weighted by atomic mass is 9.85. The Labute approximate surface area is 85.4 Å². The molecule has 3 radical (unpaired) electrons. The van der Waals surface area contributed by atoms with Crippen LogP contribution in [-0.4, -0.2) is 43.2 Å².